The number of hydrogen-bond donors (Lipinski definition) is 1. The first-order valence-electron chi connectivity index (χ1n) is 9.70. The third-order valence-corrected chi connectivity index (χ3v) is 4.86. The summed E-state index contributed by atoms with van der Waals surface area (Å²) < 4.78 is 0. The fourth-order valence-corrected chi connectivity index (χ4v) is 3.21. The number of nitrogens with one attached hydrogen (secondary N) is 1. The zero-order chi connectivity index (χ0) is 20.5. The quantitative estimate of drug-likeness (QED) is 0.643. The number of pyridine rings is 1. The lowest BCUT2D eigenvalue weighted by Crippen LogP contribution is -2.41. The molecule has 0 fully saturated rings. The molecule has 148 valence electrons. The molecule has 3 aromatic rings. The van der Waals surface area contributed by atoms with Gasteiger partial charge in [-0.1, -0.05) is 54.6 Å². The lowest BCUT2D eigenvalue weighted by Gasteiger charge is -2.29. The van der Waals surface area contributed by atoms with Crippen LogP contribution in [0.3, 0.4) is 0 Å². The van der Waals surface area contributed by atoms with Crippen LogP contribution in [0.15, 0.2) is 85.1 Å². The number of nitrogens with zero attached hydrogens (tertiary/aromatic N) is 2. The molecule has 0 radical (unpaired) electrons. The second kappa shape index (κ2) is 10.2. The summed E-state index contributed by atoms with van der Waals surface area (Å²) in [7, 11) is 1.82. The van der Waals surface area contributed by atoms with E-state index in [0.29, 0.717) is 24.2 Å². The summed E-state index contributed by atoms with van der Waals surface area (Å²) in [5.41, 5.74) is 2.20. The fraction of sp³-hybridized carbons (Fsp3) is 0.208. The molecule has 2 aromatic carbocycles. The summed E-state index contributed by atoms with van der Waals surface area (Å²) in [5, 5.41) is 2.91. The lowest BCUT2D eigenvalue weighted by atomic mass is 10.0. The summed E-state index contributed by atoms with van der Waals surface area (Å²) in [6.07, 6.45) is 2.96. The molecule has 0 unspecified atom stereocenters. The van der Waals surface area contributed by atoms with E-state index in [1.165, 1.54) is 0 Å². The highest BCUT2D eigenvalue weighted by atomic mass is 16.2. The van der Waals surface area contributed by atoms with Crippen molar-refractivity contribution in [2.45, 2.75) is 18.9 Å². The van der Waals surface area contributed by atoms with Crippen molar-refractivity contribution in [3.05, 3.63) is 102 Å². The van der Waals surface area contributed by atoms with E-state index >= 15 is 0 Å². The molecule has 29 heavy (non-hydrogen) atoms. The molecule has 0 saturated heterocycles. The van der Waals surface area contributed by atoms with Crippen molar-refractivity contribution in [1.29, 1.82) is 0 Å². The monoisotopic (exact) mass is 387 g/mol. The number of aromatic nitrogens is 1. The molecule has 0 aliphatic rings. The third-order valence-electron chi connectivity index (χ3n) is 4.86. The van der Waals surface area contributed by atoms with Crippen molar-refractivity contribution in [2.75, 3.05) is 13.6 Å². The van der Waals surface area contributed by atoms with Crippen LogP contribution < -0.4 is 5.32 Å². The summed E-state index contributed by atoms with van der Waals surface area (Å²) >= 11 is 0. The number of hydrogen-bond acceptors (Lipinski definition) is 3. The zero-order valence-electron chi connectivity index (χ0n) is 16.5. The Morgan fingerprint density at radius 3 is 2.24 bits per heavy atom. The molecular weight excluding hydrogens is 362 g/mol. The predicted octanol–water partition coefficient (Wildman–Crippen LogP) is 3.59. The van der Waals surface area contributed by atoms with Crippen LogP contribution in [-0.2, 0) is 6.42 Å². The SMILES string of the molecule is CN(C(=O)c1ccccc1)[C@H](CCNC(=O)c1ccccn1)Cc1ccccc1. The topological polar surface area (TPSA) is 62.3 Å². The Hall–Kier alpha value is -3.47. The normalized spacial score (nSPS) is 11.5. The van der Waals surface area contributed by atoms with E-state index in [1.54, 1.807) is 29.3 Å². The Kier molecular flexibility index (Phi) is 7.11. The number of likely N-dealkylation sites (N-methyl/N-ethyl adjacent to an activating group) is 1. The van der Waals surface area contributed by atoms with Crippen LogP contribution in [0, 0.1) is 0 Å². The van der Waals surface area contributed by atoms with Crippen molar-refractivity contribution in [2.24, 2.45) is 0 Å². The van der Waals surface area contributed by atoms with Gasteiger partial charge in [0.05, 0.1) is 0 Å². The van der Waals surface area contributed by atoms with Gasteiger partial charge in [0.25, 0.3) is 11.8 Å². The standard InChI is InChI=1S/C24H25N3O2/c1-27(24(29)20-12-6-3-7-13-20)21(18-19-10-4-2-5-11-19)15-17-26-23(28)22-14-8-9-16-25-22/h2-14,16,21H,15,17-18H2,1H3,(H,26,28)/t21-/m1/s1. The minimum atomic E-state index is -0.207. The van der Waals surface area contributed by atoms with E-state index in [0.717, 1.165) is 12.0 Å². The molecule has 5 nitrogen and oxygen atoms in total. The smallest absolute Gasteiger partial charge is 0.269 e. The molecule has 5 heteroatoms. The highest BCUT2D eigenvalue weighted by Crippen LogP contribution is 2.14. The molecule has 0 aliphatic heterocycles. The first-order chi connectivity index (χ1) is 14.1. The molecule has 1 heterocycles. The summed E-state index contributed by atoms with van der Waals surface area (Å²) in [4.78, 5) is 31.0. The maximum atomic E-state index is 12.9. The van der Waals surface area contributed by atoms with Crippen molar-refractivity contribution in [3.8, 4) is 0 Å². The highest BCUT2D eigenvalue weighted by molar-refractivity contribution is 5.94. The molecule has 1 atom stereocenters. The van der Waals surface area contributed by atoms with Gasteiger partial charge in [-0.3, -0.25) is 14.6 Å². The molecular formula is C24H25N3O2. The number of amides is 2. The Morgan fingerprint density at radius 1 is 0.931 bits per heavy atom. The predicted molar refractivity (Wildman–Crippen MR) is 114 cm³/mol. The van der Waals surface area contributed by atoms with Crippen LogP contribution in [0.1, 0.15) is 32.8 Å². The van der Waals surface area contributed by atoms with Crippen LogP contribution in [0.2, 0.25) is 0 Å². The van der Waals surface area contributed by atoms with E-state index in [9.17, 15) is 9.59 Å². The first kappa shape index (κ1) is 20.3. The number of carbonyl (C=O) groups is 2. The molecule has 1 aromatic heterocycles. The van der Waals surface area contributed by atoms with E-state index in [2.05, 4.69) is 22.4 Å². The molecule has 0 saturated carbocycles. The molecule has 3 rings (SSSR count). The molecule has 0 bridgehead atoms. The van der Waals surface area contributed by atoms with Gasteiger partial charge in [-0.25, -0.2) is 0 Å². The maximum Gasteiger partial charge on any atom is 0.269 e. The van der Waals surface area contributed by atoms with Crippen molar-refractivity contribution in [3.63, 3.8) is 0 Å². The minimum absolute atomic E-state index is 0.0254. The number of carbonyl (C=O) groups excluding carboxylic acids is 2. The summed E-state index contributed by atoms with van der Waals surface area (Å²) in [6.45, 7) is 0.458. The largest absolute Gasteiger partial charge is 0.351 e. The van der Waals surface area contributed by atoms with Crippen LogP contribution in [0.5, 0.6) is 0 Å². The van der Waals surface area contributed by atoms with Gasteiger partial charge in [0.2, 0.25) is 0 Å². The van der Waals surface area contributed by atoms with Crippen molar-refractivity contribution >= 4 is 11.8 Å². The van der Waals surface area contributed by atoms with E-state index in [1.807, 2.05) is 55.6 Å². The average Bonchev–Trinajstić information content (AvgIpc) is 2.79. The van der Waals surface area contributed by atoms with E-state index in [4.69, 9.17) is 0 Å². The van der Waals surface area contributed by atoms with Gasteiger partial charge >= 0.3 is 0 Å². The number of benzene rings is 2. The third kappa shape index (κ3) is 5.75. The van der Waals surface area contributed by atoms with Crippen molar-refractivity contribution < 1.29 is 9.59 Å². The van der Waals surface area contributed by atoms with Gasteiger partial charge in [-0.15, -0.1) is 0 Å². The van der Waals surface area contributed by atoms with Gasteiger partial charge in [-0.2, -0.15) is 0 Å². The summed E-state index contributed by atoms with van der Waals surface area (Å²) in [5.74, 6) is -0.233. The van der Waals surface area contributed by atoms with Crippen LogP contribution in [0.4, 0.5) is 0 Å². The van der Waals surface area contributed by atoms with Gasteiger partial charge in [0, 0.05) is 31.4 Å². The van der Waals surface area contributed by atoms with Gasteiger partial charge in [0.1, 0.15) is 5.69 Å². The van der Waals surface area contributed by atoms with Crippen LogP contribution >= 0.6 is 0 Å². The van der Waals surface area contributed by atoms with Gasteiger partial charge < -0.3 is 10.2 Å². The Morgan fingerprint density at radius 2 is 1.59 bits per heavy atom. The first-order valence-corrected chi connectivity index (χ1v) is 9.70. The number of rotatable bonds is 8. The lowest BCUT2D eigenvalue weighted by molar-refractivity contribution is 0.0723. The van der Waals surface area contributed by atoms with Gasteiger partial charge in [-0.05, 0) is 42.7 Å². The van der Waals surface area contributed by atoms with Crippen LogP contribution in [-0.4, -0.2) is 41.3 Å². The van der Waals surface area contributed by atoms with Crippen molar-refractivity contribution in [1.82, 2.24) is 15.2 Å². The zero-order valence-corrected chi connectivity index (χ0v) is 16.5. The Labute approximate surface area is 171 Å². The van der Waals surface area contributed by atoms with E-state index < -0.39 is 0 Å². The second-order valence-electron chi connectivity index (χ2n) is 6.89. The average molecular weight is 387 g/mol. The summed E-state index contributed by atoms with van der Waals surface area (Å²) in [6, 6.07) is 24.5. The molecule has 0 spiro atoms. The molecule has 0 aliphatic carbocycles. The Balaban J connectivity index is 1.67. The molecule has 2 amide bonds. The van der Waals surface area contributed by atoms with Crippen LogP contribution in [0.25, 0.3) is 0 Å². The maximum absolute atomic E-state index is 12.9. The Bertz CT molecular complexity index is 915. The van der Waals surface area contributed by atoms with Gasteiger partial charge in [0.15, 0.2) is 0 Å². The fourth-order valence-electron chi connectivity index (χ4n) is 3.21. The highest BCUT2D eigenvalue weighted by Gasteiger charge is 2.21. The minimum Gasteiger partial charge on any atom is -0.351 e. The second-order valence-corrected chi connectivity index (χ2v) is 6.89. The van der Waals surface area contributed by atoms with E-state index in [-0.39, 0.29) is 17.9 Å². The molecule has 1 N–H and O–H groups in total.